The summed E-state index contributed by atoms with van der Waals surface area (Å²) >= 11 is 0. The lowest BCUT2D eigenvalue weighted by Gasteiger charge is -2.24. The van der Waals surface area contributed by atoms with Crippen molar-refractivity contribution in [3.8, 4) is 11.1 Å². The number of anilines is 1. The van der Waals surface area contributed by atoms with Crippen molar-refractivity contribution in [2.45, 2.75) is 13.8 Å². The first-order valence-corrected chi connectivity index (χ1v) is 7.49. The van der Waals surface area contributed by atoms with Crippen molar-refractivity contribution in [3.05, 3.63) is 53.2 Å². The molecular weight excluding hydrogens is 292 g/mol. The van der Waals surface area contributed by atoms with Gasteiger partial charge in [0.15, 0.2) is 0 Å². The molecule has 0 atom stereocenters. The normalized spacial score (nSPS) is 10.3. The molecule has 0 saturated heterocycles. The number of hydrogen-bond acceptors (Lipinski definition) is 3. The summed E-state index contributed by atoms with van der Waals surface area (Å²) in [6.45, 7) is 9.01. The van der Waals surface area contributed by atoms with Crippen molar-refractivity contribution in [3.63, 3.8) is 0 Å². The van der Waals surface area contributed by atoms with Gasteiger partial charge in [0.1, 0.15) is 6.72 Å². The van der Waals surface area contributed by atoms with Crippen LogP contribution in [0.15, 0.2) is 42.5 Å². The Kier molecular flexibility index (Phi) is 5.01. The minimum absolute atomic E-state index is 0.0895. The number of para-hydroxylation sites is 1. The van der Waals surface area contributed by atoms with E-state index in [4.69, 9.17) is 0 Å². The maximum Gasteiger partial charge on any atom is 0.336 e. The lowest BCUT2D eigenvalue weighted by atomic mass is 9.97. The van der Waals surface area contributed by atoms with Gasteiger partial charge < -0.3 is 15.2 Å². The highest BCUT2D eigenvalue weighted by molar-refractivity contribution is 5.99. The van der Waals surface area contributed by atoms with Crippen LogP contribution in [0.25, 0.3) is 11.1 Å². The van der Waals surface area contributed by atoms with Crippen LogP contribution in [-0.4, -0.2) is 35.6 Å². The van der Waals surface area contributed by atoms with Gasteiger partial charge in [-0.05, 0) is 31.5 Å². The molecule has 2 aromatic rings. The van der Waals surface area contributed by atoms with Crippen LogP contribution in [0.5, 0.6) is 0 Å². The van der Waals surface area contributed by atoms with Gasteiger partial charge in [0.05, 0.1) is 5.56 Å². The van der Waals surface area contributed by atoms with Crippen LogP contribution in [0.4, 0.5) is 11.4 Å². The Morgan fingerprint density at radius 3 is 2.39 bits per heavy atom. The number of benzene rings is 2. The van der Waals surface area contributed by atoms with E-state index in [1.54, 1.807) is 12.1 Å². The molecule has 0 spiro atoms. The Morgan fingerprint density at radius 2 is 1.83 bits per heavy atom. The molecule has 0 aliphatic carbocycles. The number of carboxylic acid groups (broad SMARTS) is 1. The molecule has 120 valence electrons. The van der Waals surface area contributed by atoms with E-state index < -0.39 is 5.97 Å². The Morgan fingerprint density at radius 1 is 1.17 bits per heavy atom. The van der Waals surface area contributed by atoms with Gasteiger partial charge >= 0.3 is 5.97 Å². The van der Waals surface area contributed by atoms with Gasteiger partial charge in [-0.3, -0.25) is 0 Å². The summed E-state index contributed by atoms with van der Waals surface area (Å²) in [5.74, 6) is -1.07. The molecule has 0 amide bonds. The summed E-state index contributed by atoms with van der Waals surface area (Å²) in [7, 11) is 0. The van der Waals surface area contributed by atoms with Crippen molar-refractivity contribution in [1.29, 1.82) is 0 Å². The molecule has 0 heterocycles. The zero-order chi connectivity index (χ0) is 17.0. The minimum Gasteiger partial charge on any atom is -0.619 e. The van der Waals surface area contributed by atoms with Gasteiger partial charge in [-0.1, -0.05) is 18.2 Å². The molecule has 2 aromatic carbocycles. The van der Waals surface area contributed by atoms with E-state index in [9.17, 15) is 15.1 Å². The zero-order valence-corrected chi connectivity index (χ0v) is 13.3. The average molecular weight is 312 g/mol. The Bertz CT molecular complexity index is 737. The molecule has 5 heteroatoms. The maximum absolute atomic E-state index is 11.6. The molecule has 0 aliphatic heterocycles. The summed E-state index contributed by atoms with van der Waals surface area (Å²) in [5.41, 5.74) is 2.70. The summed E-state index contributed by atoms with van der Waals surface area (Å²) < 4.78 is 0.409. The monoisotopic (exact) mass is 312 g/mol. The number of rotatable bonds is 6. The van der Waals surface area contributed by atoms with Gasteiger partial charge in [0, 0.05) is 36.5 Å². The van der Waals surface area contributed by atoms with E-state index in [1.165, 1.54) is 6.07 Å². The predicted octanol–water partition coefficient (Wildman–Crippen LogP) is 3.74. The molecule has 2 rings (SSSR count). The van der Waals surface area contributed by atoms with Crippen molar-refractivity contribution in [2.75, 3.05) is 18.0 Å². The van der Waals surface area contributed by atoms with Gasteiger partial charge in [-0.2, -0.15) is 4.74 Å². The molecule has 0 bridgehead atoms. The third kappa shape index (κ3) is 3.34. The molecule has 0 aliphatic rings. The van der Waals surface area contributed by atoms with Crippen LogP contribution in [0.3, 0.4) is 0 Å². The van der Waals surface area contributed by atoms with E-state index in [-0.39, 0.29) is 11.3 Å². The summed E-state index contributed by atoms with van der Waals surface area (Å²) in [6.07, 6.45) is 0. The standard InChI is InChI=1S/C18H20N2O3/c1-4-20(5-2)17-9-7-6-8-15(17)14-11-10-13(19(3)23)12-16(14)18(21)22/h6-12H,3-5H2,1-2H3,(H,21,22). The first-order valence-electron chi connectivity index (χ1n) is 7.49. The van der Waals surface area contributed by atoms with E-state index in [1.807, 2.05) is 24.3 Å². The second-order valence-electron chi connectivity index (χ2n) is 5.10. The van der Waals surface area contributed by atoms with Gasteiger partial charge in [-0.15, -0.1) is 0 Å². The van der Waals surface area contributed by atoms with E-state index in [0.29, 0.717) is 10.3 Å². The van der Waals surface area contributed by atoms with Crippen LogP contribution in [-0.2, 0) is 0 Å². The fraction of sp³-hybridized carbons (Fsp3) is 0.222. The smallest absolute Gasteiger partial charge is 0.336 e. The van der Waals surface area contributed by atoms with Crippen LogP contribution in [0.2, 0.25) is 0 Å². The van der Waals surface area contributed by atoms with Crippen molar-refractivity contribution < 1.29 is 14.6 Å². The quantitative estimate of drug-likeness (QED) is 0.382. The third-order valence-corrected chi connectivity index (χ3v) is 3.82. The molecule has 1 N–H and O–H groups in total. The highest BCUT2D eigenvalue weighted by Gasteiger charge is 2.18. The lowest BCUT2D eigenvalue weighted by Crippen LogP contribution is -2.22. The number of nitrogens with zero attached hydrogens (tertiary/aromatic N) is 2. The van der Waals surface area contributed by atoms with Crippen molar-refractivity contribution in [2.24, 2.45) is 0 Å². The van der Waals surface area contributed by atoms with Crippen molar-refractivity contribution >= 4 is 24.1 Å². The molecule has 0 fully saturated rings. The summed E-state index contributed by atoms with van der Waals surface area (Å²) in [4.78, 5) is 13.8. The van der Waals surface area contributed by atoms with Gasteiger partial charge in [-0.25, -0.2) is 4.79 Å². The van der Waals surface area contributed by atoms with Crippen molar-refractivity contribution in [1.82, 2.24) is 0 Å². The molecule has 0 radical (unpaired) electrons. The number of carboxylic acids is 1. The van der Waals surface area contributed by atoms with Gasteiger partial charge in [0.2, 0.25) is 5.69 Å². The van der Waals surface area contributed by atoms with Crippen LogP contribution < -0.4 is 4.90 Å². The Balaban J connectivity index is 2.67. The first-order chi connectivity index (χ1) is 11.0. The average Bonchev–Trinajstić information content (AvgIpc) is 2.56. The number of carbonyl (C=O) groups is 1. The summed E-state index contributed by atoms with van der Waals surface area (Å²) in [6, 6.07) is 12.3. The topological polar surface area (TPSA) is 66.6 Å². The highest BCUT2D eigenvalue weighted by atomic mass is 16.5. The SMILES string of the molecule is C=[N+]([O-])c1ccc(-c2ccccc2N(CC)CC)c(C(=O)O)c1. The summed E-state index contributed by atoms with van der Waals surface area (Å²) in [5, 5.41) is 20.9. The fourth-order valence-electron chi connectivity index (χ4n) is 2.64. The molecule has 0 saturated carbocycles. The Labute approximate surface area is 135 Å². The molecular formula is C18H20N2O3. The van der Waals surface area contributed by atoms with Crippen LogP contribution in [0, 0.1) is 5.21 Å². The third-order valence-electron chi connectivity index (χ3n) is 3.82. The largest absolute Gasteiger partial charge is 0.619 e. The molecule has 0 unspecified atom stereocenters. The Hall–Kier alpha value is -2.82. The minimum atomic E-state index is -1.07. The predicted molar refractivity (Wildman–Crippen MR) is 92.8 cm³/mol. The highest BCUT2D eigenvalue weighted by Crippen LogP contribution is 2.34. The zero-order valence-electron chi connectivity index (χ0n) is 13.3. The fourth-order valence-corrected chi connectivity index (χ4v) is 2.64. The second-order valence-corrected chi connectivity index (χ2v) is 5.10. The van der Waals surface area contributed by atoms with E-state index >= 15 is 0 Å². The first kappa shape index (κ1) is 16.5. The van der Waals surface area contributed by atoms with E-state index in [0.717, 1.165) is 24.3 Å². The maximum atomic E-state index is 11.6. The second kappa shape index (κ2) is 6.96. The van der Waals surface area contributed by atoms with Crippen LogP contribution >= 0.6 is 0 Å². The van der Waals surface area contributed by atoms with Crippen LogP contribution in [0.1, 0.15) is 24.2 Å². The number of hydrogen-bond donors (Lipinski definition) is 1. The van der Waals surface area contributed by atoms with E-state index in [2.05, 4.69) is 25.5 Å². The molecule has 0 aromatic heterocycles. The molecule has 5 nitrogen and oxygen atoms in total. The van der Waals surface area contributed by atoms with Gasteiger partial charge in [0.25, 0.3) is 0 Å². The lowest BCUT2D eigenvalue weighted by molar-refractivity contribution is -0.349. The molecule has 23 heavy (non-hydrogen) atoms. The number of aromatic carboxylic acids is 1.